The quantitative estimate of drug-likeness (QED) is 0.401. The van der Waals surface area contributed by atoms with Crippen LogP contribution in [-0.2, 0) is 9.84 Å². The molecule has 2 N–H and O–H groups in total. The number of aliphatic imine (C=N–C) groups is 1. The van der Waals surface area contributed by atoms with Gasteiger partial charge in [0.2, 0.25) is 0 Å². The molecule has 0 atom stereocenters. The summed E-state index contributed by atoms with van der Waals surface area (Å²) < 4.78 is 24.6. The summed E-state index contributed by atoms with van der Waals surface area (Å²) in [4.78, 5) is 4.94. The van der Waals surface area contributed by atoms with Crippen LogP contribution in [0.15, 0.2) is 40.2 Å². The van der Waals surface area contributed by atoms with Crippen molar-refractivity contribution in [1.29, 1.82) is 0 Å². The average molecular weight is 366 g/mol. The highest BCUT2D eigenvalue weighted by Crippen LogP contribution is 2.28. The predicted octanol–water partition coefficient (Wildman–Crippen LogP) is 2.99. The molecule has 1 aromatic rings. The van der Waals surface area contributed by atoms with Gasteiger partial charge in [0, 0.05) is 19.6 Å². The molecule has 0 amide bonds. The van der Waals surface area contributed by atoms with E-state index >= 15 is 0 Å². The van der Waals surface area contributed by atoms with E-state index in [4.69, 9.17) is 0 Å². The first-order valence-corrected chi connectivity index (χ1v) is 11.1. The van der Waals surface area contributed by atoms with Crippen LogP contribution in [0.25, 0.3) is 0 Å². The topological polar surface area (TPSA) is 70.6 Å². The van der Waals surface area contributed by atoms with E-state index in [1.807, 2.05) is 13.0 Å². The molecule has 0 spiro atoms. The molecule has 1 aromatic carbocycles. The predicted molar refractivity (Wildman–Crippen MR) is 104 cm³/mol. The fraction of sp³-hybridized carbons (Fsp3) is 0.632. The molecule has 1 saturated carbocycles. The third kappa shape index (κ3) is 7.06. The molecule has 0 radical (unpaired) electrons. The van der Waals surface area contributed by atoms with Crippen molar-refractivity contribution in [3.05, 3.63) is 30.3 Å². The van der Waals surface area contributed by atoms with Crippen molar-refractivity contribution in [3.63, 3.8) is 0 Å². The van der Waals surface area contributed by atoms with Gasteiger partial charge in [-0.2, -0.15) is 0 Å². The summed E-state index contributed by atoms with van der Waals surface area (Å²) in [5.41, 5.74) is 0. The lowest BCUT2D eigenvalue weighted by Gasteiger charge is -2.12. The standard InChI is InChI=1S/C19H31N3O2S/c1-2-20-19(21-14-8-11-17-9-6-7-10-17)22-15-16-25(23,24)18-12-4-3-5-13-18/h3-5,12-13,17H,2,6-11,14-16H2,1H3,(H2,20,21,22). The maximum Gasteiger partial charge on any atom is 0.191 e. The van der Waals surface area contributed by atoms with Crippen LogP contribution >= 0.6 is 0 Å². The smallest absolute Gasteiger partial charge is 0.191 e. The molecule has 25 heavy (non-hydrogen) atoms. The zero-order valence-electron chi connectivity index (χ0n) is 15.2. The third-order valence-corrected chi connectivity index (χ3v) is 6.36. The van der Waals surface area contributed by atoms with Gasteiger partial charge in [0.25, 0.3) is 0 Å². The Labute approximate surface area is 152 Å². The van der Waals surface area contributed by atoms with Gasteiger partial charge in [-0.1, -0.05) is 43.9 Å². The summed E-state index contributed by atoms with van der Waals surface area (Å²) in [7, 11) is -3.25. The molecular weight excluding hydrogens is 334 g/mol. The van der Waals surface area contributed by atoms with E-state index in [0.717, 1.165) is 25.4 Å². The maximum absolute atomic E-state index is 12.3. The normalized spacial score (nSPS) is 16.1. The molecule has 140 valence electrons. The zero-order valence-corrected chi connectivity index (χ0v) is 16.0. The second-order valence-electron chi connectivity index (χ2n) is 6.61. The Kier molecular flexibility index (Phi) is 8.25. The summed E-state index contributed by atoms with van der Waals surface area (Å²) in [5.74, 6) is 1.66. The Bertz CT molecular complexity index is 623. The lowest BCUT2D eigenvalue weighted by Crippen LogP contribution is -2.39. The first-order chi connectivity index (χ1) is 12.1. The molecule has 6 heteroatoms. The molecule has 1 aliphatic rings. The lowest BCUT2D eigenvalue weighted by molar-refractivity contribution is 0.487. The molecule has 0 unspecified atom stereocenters. The van der Waals surface area contributed by atoms with E-state index in [2.05, 4.69) is 15.6 Å². The van der Waals surface area contributed by atoms with Crippen molar-refractivity contribution < 1.29 is 8.42 Å². The van der Waals surface area contributed by atoms with Crippen molar-refractivity contribution in [3.8, 4) is 0 Å². The number of nitrogens with zero attached hydrogens (tertiary/aromatic N) is 1. The van der Waals surface area contributed by atoms with Crippen molar-refractivity contribution in [2.75, 3.05) is 25.4 Å². The number of sulfone groups is 1. The SMILES string of the molecule is CCNC(=NCCCC1CCCC1)NCCS(=O)(=O)c1ccccc1. The monoisotopic (exact) mass is 365 g/mol. The first kappa shape index (κ1) is 19.8. The Morgan fingerprint density at radius 1 is 1.16 bits per heavy atom. The molecule has 0 heterocycles. The van der Waals surface area contributed by atoms with Crippen LogP contribution in [0.1, 0.15) is 45.4 Å². The molecule has 2 rings (SSSR count). The van der Waals surface area contributed by atoms with Crippen LogP contribution in [0.4, 0.5) is 0 Å². The molecule has 0 aromatic heterocycles. The minimum atomic E-state index is -3.25. The highest BCUT2D eigenvalue weighted by Gasteiger charge is 2.15. The molecule has 0 bridgehead atoms. The maximum atomic E-state index is 12.3. The van der Waals surface area contributed by atoms with Gasteiger partial charge in [-0.15, -0.1) is 0 Å². The van der Waals surface area contributed by atoms with Gasteiger partial charge in [-0.3, -0.25) is 4.99 Å². The van der Waals surface area contributed by atoms with Gasteiger partial charge >= 0.3 is 0 Å². The van der Waals surface area contributed by atoms with Crippen molar-refractivity contribution in [1.82, 2.24) is 10.6 Å². The van der Waals surface area contributed by atoms with Crippen molar-refractivity contribution >= 4 is 15.8 Å². The van der Waals surface area contributed by atoms with E-state index in [-0.39, 0.29) is 5.75 Å². The highest BCUT2D eigenvalue weighted by molar-refractivity contribution is 7.91. The molecule has 1 fully saturated rings. The second-order valence-corrected chi connectivity index (χ2v) is 8.72. The van der Waals surface area contributed by atoms with Crippen LogP contribution < -0.4 is 10.6 Å². The van der Waals surface area contributed by atoms with Crippen LogP contribution in [0.5, 0.6) is 0 Å². The molecule has 5 nitrogen and oxygen atoms in total. The summed E-state index contributed by atoms with van der Waals surface area (Å²) in [6, 6.07) is 8.58. The number of hydrogen-bond donors (Lipinski definition) is 2. The Hall–Kier alpha value is -1.56. The number of nitrogens with one attached hydrogen (secondary N) is 2. The summed E-state index contributed by atoms with van der Waals surface area (Å²) in [6.07, 6.45) is 7.87. The van der Waals surface area contributed by atoms with E-state index in [1.54, 1.807) is 24.3 Å². The molecular formula is C19H31N3O2S. The van der Waals surface area contributed by atoms with Gasteiger partial charge in [-0.25, -0.2) is 8.42 Å². The number of rotatable bonds is 9. The van der Waals surface area contributed by atoms with E-state index < -0.39 is 9.84 Å². The second kappa shape index (κ2) is 10.4. The van der Waals surface area contributed by atoms with Gasteiger partial charge in [0.15, 0.2) is 15.8 Å². The van der Waals surface area contributed by atoms with Gasteiger partial charge in [0.1, 0.15) is 0 Å². The van der Waals surface area contributed by atoms with E-state index in [0.29, 0.717) is 17.4 Å². The van der Waals surface area contributed by atoms with Gasteiger partial charge < -0.3 is 10.6 Å². The minimum absolute atomic E-state index is 0.0590. The first-order valence-electron chi connectivity index (χ1n) is 9.42. The largest absolute Gasteiger partial charge is 0.357 e. The summed E-state index contributed by atoms with van der Waals surface area (Å²) >= 11 is 0. The minimum Gasteiger partial charge on any atom is -0.357 e. The van der Waals surface area contributed by atoms with Crippen LogP contribution in [0.3, 0.4) is 0 Å². The van der Waals surface area contributed by atoms with E-state index in [1.165, 1.54) is 32.1 Å². The Morgan fingerprint density at radius 3 is 2.56 bits per heavy atom. The third-order valence-electron chi connectivity index (χ3n) is 4.62. The van der Waals surface area contributed by atoms with E-state index in [9.17, 15) is 8.42 Å². The Balaban J connectivity index is 1.75. The number of hydrogen-bond acceptors (Lipinski definition) is 3. The van der Waals surface area contributed by atoms with Crippen LogP contribution in [0, 0.1) is 5.92 Å². The van der Waals surface area contributed by atoms with Gasteiger partial charge in [-0.05, 0) is 37.8 Å². The molecule has 0 aliphatic heterocycles. The van der Waals surface area contributed by atoms with Crippen molar-refractivity contribution in [2.24, 2.45) is 10.9 Å². The fourth-order valence-corrected chi connectivity index (χ4v) is 4.44. The summed E-state index contributed by atoms with van der Waals surface area (Å²) in [5, 5.41) is 6.32. The zero-order chi connectivity index (χ0) is 18.0. The average Bonchev–Trinajstić information content (AvgIpc) is 3.13. The Morgan fingerprint density at radius 2 is 1.88 bits per heavy atom. The van der Waals surface area contributed by atoms with Crippen LogP contribution in [0.2, 0.25) is 0 Å². The number of benzene rings is 1. The number of guanidine groups is 1. The van der Waals surface area contributed by atoms with Gasteiger partial charge in [0.05, 0.1) is 10.6 Å². The highest BCUT2D eigenvalue weighted by atomic mass is 32.2. The fourth-order valence-electron chi connectivity index (χ4n) is 3.26. The summed E-state index contributed by atoms with van der Waals surface area (Å²) in [6.45, 7) is 3.92. The molecule has 1 aliphatic carbocycles. The molecule has 0 saturated heterocycles. The van der Waals surface area contributed by atoms with Crippen LogP contribution in [-0.4, -0.2) is 39.8 Å². The van der Waals surface area contributed by atoms with Crippen molar-refractivity contribution in [2.45, 2.75) is 50.3 Å². The lowest BCUT2D eigenvalue weighted by atomic mass is 10.0.